The first-order valence-corrected chi connectivity index (χ1v) is 18.7. The van der Waals surface area contributed by atoms with E-state index in [1.54, 1.807) is 20.1 Å². The zero-order chi connectivity index (χ0) is 33.4. The monoisotopic (exact) mass is 656 g/mol. The summed E-state index contributed by atoms with van der Waals surface area (Å²) in [6, 6.07) is 0. The van der Waals surface area contributed by atoms with Crippen molar-refractivity contribution < 1.29 is 33.9 Å². The molecule has 2 saturated heterocycles. The van der Waals surface area contributed by atoms with Crippen LogP contribution in [0.1, 0.15) is 106 Å². The number of hydrogen-bond acceptors (Lipinski definition) is 9. The molecular weight excluding hydrogens is 596 g/mol. The zero-order valence-electron chi connectivity index (χ0n) is 29.8. The lowest BCUT2D eigenvalue weighted by molar-refractivity contribution is -0.249. The molecule has 0 amide bonds. The first kappa shape index (κ1) is 33.1. The number of aliphatic hydroxyl groups is 3. The molecular formula is C38H60N2O7. The Bertz CT molecular complexity index is 1330. The predicted molar refractivity (Wildman–Crippen MR) is 175 cm³/mol. The van der Waals surface area contributed by atoms with Crippen LogP contribution >= 0.6 is 0 Å². The quantitative estimate of drug-likeness (QED) is 0.382. The van der Waals surface area contributed by atoms with Gasteiger partial charge < -0.3 is 33.9 Å². The Morgan fingerprint density at radius 1 is 1.09 bits per heavy atom. The van der Waals surface area contributed by atoms with E-state index in [0.29, 0.717) is 36.2 Å². The third kappa shape index (κ3) is 4.48. The number of morpholine rings is 1. The second-order valence-corrected chi connectivity index (χ2v) is 18.8. The standard InChI is InChI=1S/C38H60N2O7/c1-22-16-24(31(41)34(4,5)43)46-30-29(22)35(6)12-13-38-20-37(38)11-10-27(33(2,3)25(37)8-9-26(38)36(35,7)32(30)42)47-28-18-40(14-15-45-28)17-23-19-44-21-39-23/h19,21-22,24-32,41-43H,8-18,20H2,1-7H3/t22-,24?,25+,26?,27?,28+,29+,30?,31+,32+,35?,36-,37?,38?/m1/s1. The summed E-state index contributed by atoms with van der Waals surface area (Å²) in [6.07, 6.45) is 9.71. The number of aromatic nitrogens is 1. The van der Waals surface area contributed by atoms with Crippen LogP contribution < -0.4 is 0 Å². The van der Waals surface area contributed by atoms with Crippen molar-refractivity contribution in [2.75, 3.05) is 19.7 Å². The highest BCUT2D eigenvalue weighted by molar-refractivity contribution is 5.33. The summed E-state index contributed by atoms with van der Waals surface area (Å²) in [7, 11) is 0. The first-order valence-electron chi connectivity index (χ1n) is 18.7. The molecule has 5 saturated carbocycles. The average molecular weight is 657 g/mol. The van der Waals surface area contributed by atoms with Gasteiger partial charge in [-0.25, -0.2) is 4.98 Å². The third-order valence-electron chi connectivity index (χ3n) is 16.1. The van der Waals surface area contributed by atoms with Crippen LogP contribution in [-0.2, 0) is 20.8 Å². The number of ether oxygens (including phenoxy) is 3. The summed E-state index contributed by atoms with van der Waals surface area (Å²) >= 11 is 0. The van der Waals surface area contributed by atoms with Crippen molar-refractivity contribution in [3.05, 3.63) is 18.4 Å². The Labute approximate surface area is 281 Å². The van der Waals surface area contributed by atoms with Gasteiger partial charge in [-0.1, -0.05) is 34.6 Å². The molecule has 1 aromatic rings. The topological polar surface area (TPSA) is 118 Å². The first-order chi connectivity index (χ1) is 22.1. The summed E-state index contributed by atoms with van der Waals surface area (Å²) in [5.41, 5.74) is 0.0318. The smallest absolute Gasteiger partial charge is 0.180 e. The summed E-state index contributed by atoms with van der Waals surface area (Å²) in [5.74, 6) is 1.60. The number of nitrogens with zero attached hydrogens (tertiary/aromatic N) is 2. The minimum absolute atomic E-state index is 0.0281. The minimum atomic E-state index is -1.25. The van der Waals surface area contributed by atoms with Gasteiger partial charge in [0.15, 0.2) is 12.7 Å². The number of rotatable bonds is 6. The van der Waals surface area contributed by atoms with Gasteiger partial charge in [0.1, 0.15) is 12.4 Å². The molecule has 2 spiro atoms. The summed E-state index contributed by atoms with van der Waals surface area (Å²) < 4.78 is 25.0. The molecule has 3 heterocycles. The fraction of sp³-hybridized carbons (Fsp3) is 0.921. The summed E-state index contributed by atoms with van der Waals surface area (Å²) in [5, 5.41) is 34.1. The van der Waals surface area contributed by atoms with Crippen LogP contribution in [0.3, 0.4) is 0 Å². The van der Waals surface area contributed by atoms with Crippen LogP contribution in [0.5, 0.6) is 0 Å². The Kier molecular flexibility index (Phi) is 7.55. The van der Waals surface area contributed by atoms with Crippen LogP contribution in [0.4, 0.5) is 0 Å². The van der Waals surface area contributed by atoms with E-state index in [0.717, 1.165) is 44.6 Å². The molecule has 7 aliphatic rings. The highest BCUT2D eigenvalue weighted by Gasteiger charge is 2.84. The maximum Gasteiger partial charge on any atom is 0.180 e. The van der Waals surface area contributed by atoms with Crippen LogP contribution in [-0.4, -0.2) is 87.3 Å². The lowest BCUT2D eigenvalue weighted by Gasteiger charge is -2.64. The van der Waals surface area contributed by atoms with Crippen LogP contribution in [0, 0.1) is 50.7 Å². The molecule has 0 radical (unpaired) electrons. The molecule has 5 aliphatic carbocycles. The Morgan fingerprint density at radius 2 is 1.83 bits per heavy atom. The van der Waals surface area contributed by atoms with Crippen LogP contribution in [0.25, 0.3) is 0 Å². The summed E-state index contributed by atoms with van der Waals surface area (Å²) in [6.45, 7) is 18.4. The fourth-order valence-corrected chi connectivity index (χ4v) is 13.8. The van der Waals surface area contributed by atoms with Crippen molar-refractivity contribution in [2.24, 2.45) is 50.7 Å². The maximum absolute atomic E-state index is 12.4. The largest absolute Gasteiger partial charge is 0.451 e. The van der Waals surface area contributed by atoms with E-state index in [1.165, 1.54) is 32.1 Å². The molecule has 2 aliphatic heterocycles. The van der Waals surface area contributed by atoms with E-state index in [-0.39, 0.29) is 46.1 Å². The van der Waals surface area contributed by atoms with E-state index < -0.39 is 23.9 Å². The lowest BCUT2D eigenvalue weighted by atomic mass is 9.41. The van der Waals surface area contributed by atoms with Gasteiger partial charge in [0.05, 0.1) is 48.9 Å². The second-order valence-electron chi connectivity index (χ2n) is 18.8. The number of aliphatic hydroxyl groups excluding tert-OH is 2. The second kappa shape index (κ2) is 10.7. The van der Waals surface area contributed by atoms with Crippen molar-refractivity contribution in [3.63, 3.8) is 0 Å². The van der Waals surface area contributed by atoms with Crippen molar-refractivity contribution in [1.82, 2.24) is 9.88 Å². The van der Waals surface area contributed by atoms with Gasteiger partial charge in [0, 0.05) is 18.5 Å². The third-order valence-corrected chi connectivity index (χ3v) is 16.1. The van der Waals surface area contributed by atoms with Gasteiger partial charge in [0.25, 0.3) is 0 Å². The van der Waals surface area contributed by atoms with Crippen LogP contribution in [0.15, 0.2) is 17.1 Å². The average Bonchev–Trinajstić information content (AvgIpc) is 3.30. The van der Waals surface area contributed by atoms with Gasteiger partial charge >= 0.3 is 0 Å². The molecule has 3 N–H and O–H groups in total. The Balaban J connectivity index is 1.01. The molecule has 9 nitrogen and oxygen atoms in total. The van der Waals surface area contributed by atoms with Gasteiger partial charge in [-0.2, -0.15) is 0 Å². The molecule has 8 rings (SSSR count). The number of hydrogen-bond donors (Lipinski definition) is 3. The predicted octanol–water partition coefficient (Wildman–Crippen LogP) is 5.16. The van der Waals surface area contributed by atoms with Gasteiger partial charge in [-0.05, 0) is 111 Å². The molecule has 0 bridgehead atoms. The van der Waals surface area contributed by atoms with Gasteiger partial charge in [-0.3, -0.25) is 4.90 Å². The molecule has 7 fully saturated rings. The van der Waals surface area contributed by atoms with Crippen molar-refractivity contribution >= 4 is 0 Å². The summed E-state index contributed by atoms with van der Waals surface area (Å²) in [4.78, 5) is 6.66. The number of fused-ring (bicyclic) bond motifs is 4. The molecule has 14 atom stereocenters. The van der Waals surface area contributed by atoms with Crippen LogP contribution in [0.2, 0.25) is 0 Å². The highest BCUT2D eigenvalue weighted by Crippen LogP contribution is 2.89. The molecule has 47 heavy (non-hydrogen) atoms. The van der Waals surface area contributed by atoms with Gasteiger partial charge in [-0.15, -0.1) is 0 Å². The van der Waals surface area contributed by atoms with E-state index in [1.807, 2.05) is 0 Å². The lowest BCUT2D eigenvalue weighted by Crippen LogP contribution is -2.60. The zero-order valence-corrected chi connectivity index (χ0v) is 29.8. The molecule has 0 aromatic carbocycles. The maximum atomic E-state index is 12.4. The SMILES string of the molecule is C[C@@H]1CC([C@H](O)C(C)(C)O)OC2[C@H]1C1(C)CCC34CC35CCC(O[C@H]3CN(Cc6cocn6)CCO3)C(C)(C)[C@@H]5CCC4[C@]1(C)[C@H]2O. The molecule has 9 heteroatoms. The van der Waals surface area contributed by atoms with Gasteiger partial charge in [0.2, 0.25) is 0 Å². The Hall–Kier alpha value is -1.07. The van der Waals surface area contributed by atoms with Crippen molar-refractivity contribution in [3.8, 4) is 0 Å². The highest BCUT2D eigenvalue weighted by atomic mass is 16.7. The van der Waals surface area contributed by atoms with E-state index in [9.17, 15) is 15.3 Å². The Morgan fingerprint density at radius 3 is 2.55 bits per heavy atom. The van der Waals surface area contributed by atoms with E-state index in [4.69, 9.17) is 18.6 Å². The normalized spacial score (nSPS) is 51.2. The van der Waals surface area contributed by atoms with E-state index in [2.05, 4.69) is 44.5 Å². The van der Waals surface area contributed by atoms with Crippen molar-refractivity contribution in [2.45, 2.75) is 149 Å². The van der Waals surface area contributed by atoms with Crippen molar-refractivity contribution in [1.29, 1.82) is 0 Å². The molecule has 7 unspecified atom stereocenters. The fourth-order valence-electron chi connectivity index (χ4n) is 13.8. The molecule has 1 aromatic heterocycles. The minimum Gasteiger partial charge on any atom is -0.451 e. The molecule has 264 valence electrons. The van der Waals surface area contributed by atoms with E-state index >= 15 is 0 Å². The number of oxazole rings is 1.